The summed E-state index contributed by atoms with van der Waals surface area (Å²) in [5.41, 5.74) is 2.66. The highest BCUT2D eigenvalue weighted by atomic mass is 16.3. The molecule has 1 fully saturated rings. The van der Waals surface area contributed by atoms with Crippen molar-refractivity contribution in [3.63, 3.8) is 0 Å². The van der Waals surface area contributed by atoms with Gasteiger partial charge < -0.3 is 9.67 Å². The smallest absolute Gasteiger partial charge is 0.114 e. The molecular weight excluding hydrogens is 286 g/mol. The first kappa shape index (κ1) is 14.9. The maximum atomic E-state index is 10.8. The van der Waals surface area contributed by atoms with Gasteiger partial charge in [-0.3, -0.25) is 4.90 Å². The largest absolute Gasteiger partial charge is 0.390 e. The van der Waals surface area contributed by atoms with Crippen LogP contribution in [0.5, 0.6) is 0 Å². The van der Waals surface area contributed by atoms with E-state index >= 15 is 0 Å². The fourth-order valence-electron chi connectivity index (χ4n) is 4.51. The van der Waals surface area contributed by atoms with Gasteiger partial charge in [-0.1, -0.05) is 30.3 Å². The molecule has 0 spiro atoms. The number of hydrogen-bond acceptors (Lipinski definition) is 3. The molecule has 0 amide bonds. The maximum absolute atomic E-state index is 10.8. The Morgan fingerprint density at radius 3 is 2.91 bits per heavy atom. The molecule has 2 heterocycles. The van der Waals surface area contributed by atoms with Gasteiger partial charge in [0.15, 0.2) is 0 Å². The van der Waals surface area contributed by atoms with E-state index in [1.807, 2.05) is 12.5 Å². The zero-order valence-corrected chi connectivity index (χ0v) is 13.7. The Morgan fingerprint density at radius 1 is 1.26 bits per heavy atom. The lowest BCUT2D eigenvalue weighted by Crippen LogP contribution is -2.33. The van der Waals surface area contributed by atoms with Crippen LogP contribution in [0.4, 0.5) is 0 Å². The molecule has 4 unspecified atom stereocenters. The van der Waals surface area contributed by atoms with E-state index in [0.29, 0.717) is 11.8 Å². The van der Waals surface area contributed by atoms with Gasteiger partial charge in [-0.15, -0.1) is 0 Å². The molecule has 1 aliphatic carbocycles. The standard InChI is InChI=1S/C19H25N3O/c1-21-12-17-11-20-13-22(17)19(21)18(23)10-14-7-8-16(9-14)15-5-3-2-4-6-15/h2-6,11,13-14,16,18-19,23H,7-10,12H2,1H3. The number of aliphatic hydroxyl groups is 1. The third-order valence-corrected chi connectivity index (χ3v) is 5.63. The summed E-state index contributed by atoms with van der Waals surface area (Å²) in [7, 11) is 2.09. The first-order chi connectivity index (χ1) is 11.2. The molecule has 2 aliphatic rings. The molecule has 4 atom stereocenters. The van der Waals surface area contributed by atoms with Gasteiger partial charge in [0.25, 0.3) is 0 Å². The number of aliphatic hydroxyl groups excluding tert-OH is 1. The van der Waals surface area contributed by atoms with Crippen molar-refractivity contribution in [1.29, 1.82) is 0 Å². The van der Waals surface area contributed by atoms with Crippen LogP contribution in [0, 0.1) is 5.92 Å². The second kappa shape index (κ2) is 6.10. The van der Waals surface area contributed by atoms with E-state index in [2.05, 4.69) is 51.8 Å². The van der Waals surface area contributed by atoms with E-state index in [-0.39, 0.29) is 12.3 Å². The number of fused-ring (bicyclic) bond motifs is 1. The predicted octanol–water partition coefficient (Wildman–Crippen LogP) is 3.16. The maximum Gasteiger partial charge on any atom is 0.114 e. The third kappa shape index (κ3) is 2.81. The van der Waals surface area contributed by atoms with E-state index in [0.717, 1.165) is 13.0 Å². The van der Waals surface area contributed by atoms with E-state index in [1.54, 1.807) is 0 Å². The van der Waals surface area contributed by atoms with Crippen LogP contribution < -0.4 is 0 Å². The molecule has 0 bridgehead atoms. The molecule has 0 radical (unpaired) electrons. The molecule has 1 saturated carbocycles. The zero-order valence-electron chi connectivity index (χ0n) is 13.7. The van der Waals surface area contributed by atoms with E-state index in [1.165, 1.54) is 30.5 Å². The van der Waals surface area contributed by atoms with Gasteiger partial charge in [0.1, 0.15) is 6.17 Å². The number of aromatic nitrogens is 2. The molecule has 23 heavy (non-hydrogen) atoms. The molecule has 4 rings (SSSR count). The highest BCUT2D eigenvalue weighted by Crippen LogP contribution is 2.41. The number of likely N-dealkylation sites (N-methyl/N-ethyl adjacent to an activating group) is 1. The summed E-state index contributed by atoms with van der Waals surface area (Å²) < 4.78 is 2.13. The Bertz CT molecular complexity index is 654. The van der Waals surface area contributed by atoms with Crippen molar-refractivity contribution in [3.05, 3.63) is 54.1 Å². The average Bonchev–Trinajstić information content (AvgIpc) is 3.24. The van der Waals surface area contributed by atoms with Gasteiger partial charge in [0.05, 0.1) is 18.1 Å². The lowest BCUT2D eigenvalue weighted by Gasteiger charge is -2.28. The normalized spacial score (nSPS) is 28.9. The van der Waals surface area contributed by atoms with Crippen molar-refractivity contribution in [3.8, 4) is 0 Å². The number of imidazole rings is 1. The molecule has 1 aromatic heterocycles. The Hall–Kier alpha value is -1.65. The quantitative estimate of drug-likeness (QED) is 0.943. The fourth-order valence-corrected chi connectivity index (χ4v) is 4.51. The van der Waals surface area contributed by atoms with Crippen molar-refractivity contribution in [2.24, 2.45) is 5.92 Å². The van der Waals surface area contributed by atoms with Crippen LogP contribution in [0.2, 0.25) is 0 Å². The summed E-state index contributed by atoms with van der Waals surface area (Å²) in [6.45, 7) is 0.874. The van der Waals surface area contributed by atoms with Crippen molar-refractivity contribution < 1.29 is 5.11 Å². The van der Waals surface area contributed by atoms with Crippen molar-refractivity contribution in [2.45, 2.75) is 50.4 Å². The highest BCUT2D eigenvalue weighted by molar-refractivity contribution is 5.20. The second-order valence-corrected chi connectivity index (χ2v) is 7.21. The minimum Gasteiger partial charge on any atom is -0.390 e. The lowest BCUT2D eigenvalue weighted by molar-refractivity contribution is 0.0220. The Balaban J connectivity index is 1.40. The lowest BCUT2D eigenvalue weighted by atomic mass is 9.93. The van der Waals surface area contributed by atoms with Crippen LogP contribution in [-0.4, -0.2) is 32.7 Å². The Morgan fingerprint density at radius 2 is 2.09 bits per heavy atom. The average molecular weight is 311 g/mol. The monoisotopic (exact) mass is 311 g/mol. The molecule has 122 valence electrons. The number of benzene rings is 1. The van der Waals surface area contributed by atoms with Crippen molar-refractivity contribution >= 4 is 0 Å². The molecule has 0 saturated heterocycles. The molecule has 2 aromatic rings. The van der Waals surface area contributed by atoms with Crippen LogP contribution >= 0.6 is 0 Å². The Labute approximate surface area is 137 Å². The minimum absolute atomic E-state index is 0.0447. The molecule has 4 nitrogen and oxygen atoms in total. The first-order valence-electron chi connectivity index (χ1n) is 8.66. The van der Waals surface area contributed by atoms with Gasteiger partial charge in [0.2, 0.25) is 0 Å². The van der Waals surface area contributed by atoms with E-state index in [4.69, 9.17) is 0 Å². The molecule has 4 heteroatoms. The molecule has 1 N–H and O–H groups in total. The van der Waals surface area contributed by atoms with Gasteiger partial charge >= 0.3 is 0 Å². The minimum atomic E-state index is -0.324. The number of nitrogens with zero attached hydrogens (tertiary/aromatic N) is 3. The summed E-state index contributed by atoms with van der Waals surface area (Å²) in [6.07, 6.45) is 8.04. The van der Waals surface area contributed by atoms with Crippen molar-refractivity contribution in [2.75, 3.05) is 7.05 Å². The summed E-state index contributed by atoms with van der Waals surface area (Å²) >= 11 is 0. The number of rotatable bonds is 4. The SMILES string of the molecule is CN1Cc2cncn2C1C(O)CC1CCC(c2ccccc2)C1. The Kier molecular flexibility index (Phi) is 3.95. The van der Waals surface area contributed by atoms with Crippen LogP contribution in [0.25, 0.3) is 0 Å². The number of hydrogen-bond donors (Lipinski definition) is 1. The summed E-state index contributed by atoms with van der Waals surface area (Å²) in [5, 5.41) is 10.8. The van der Waals surface area contributed by atoms with E-state index < -0.39 is 0 Å². The van der Waals surface area contributed by atoms with Crippen molar-refractivity contribution in [1.82, 2.24) is 14.5 Å². The van der Waals surface area contributed by atoms with Crippen LogP contribution in [0.1, 0.15) is 49.0 Å². The molecule has 1 aliphatic heterocycles. The van der Waals surface area contributed by atoms with Gasteiger partial charge in [-0.05, 0) is 50.1 Å². The zero-order chi connectivity index (χ0) is 15.8. The third-order valence-electron chi connectivity index (χ3n) is 5.63. The summed E-state index contributed by atoms with van der Waals surface area (Å²) in [5.74, 6) is 1.29. The first-order valence-corrected chi connectivity index (χ1v) is 8.66. The highest BCUT2D eigenvalue weighted by Gasteiger charge is 2.35. The second-order valence-electron chi connectivity index (χ2n) is 7.21. The van der Waals surface area contributed by atoms with E-state index in [9.17, 15) is 5.11 Å². The predicted molar refractivity (Wildman–Crippen MR) is 89.9 cm³/mol. The molecule has 1 aromatic carbocycles. The van der Waals surface area contributed by atoms with Gasteiger partial charge in [0, 0.05) is 12.7 Å². The summed E-state index contributed by atoms with van der Waals surface area (Å²) in [6, 6.07) is 10.8. The van der Waals surface area contributed by atoms with Crippen LogP contribution in [-0.2, 0) is 6.54 Å². The van der Waals surface area contributed by atoms with Crippen LogP contribution in [0.15, 0.2) is 42.9 Å². The summed E-state index contributed by atoms with van der Waals surface area (Å²) in [4.78, 5) is 6.45. The topological polar surface area (TPSA) is 41.3 Å². The van der Waals surface area contributed by atoms with Gasteiger partial charge in [-0.2, -0.15) is 0 Å². The van der Waals surface area contributed by atoms with Gasteiger partial charge in [-0.25, -0.2) is 4.98 Å². The fraction of sp³-hybridized carbons (Fsp3) is 0.526. The molecular formula is C19H25N3O. The van der Waals surface area contributed by atoms with Crippen LogP contribution in [0.3, 0.4) is 0 Å².